The van der Waals surface area contributed by atoms with E-state index >= 15 is 0 Å². The summed E-state index contributed by atoms with van der Waals surface area (Å²) in [5.74, 6) is 2.27. The topological polar surface area (TPSA) is 64.7 Å². The predicted octanol–water partition coefficient (Wildman–Crippen LogP) is 4.72. The van der Waals surface area contributed by atoms with Gasteiger partial charge in [0.05, 0.1) is 44.5 Å². The normalized spacial score (nSPS) is 17.8. The maximum Gasteiger partial charge on any atom is 0.174 e. The molecule has 0 aliphatic carbocycles. The van der Waals surface area contributed by atoms with E-state index < -0.39 is 0 Å². The smallest absolute Gasteiger partial charge is 0.174 e. The molecule has 0 bridgehead atoms. The molecule has 1 fully saturated rings. The van der Waals surface area contributed by atoms with E-state index in [1.807, 2.05) is 54.6 Å². The maximum absolute atomic E-state index is 5.85. The Bertz CT molecular complexity index is 1240. The van der Waals surface area contributed by atoms with Gasteiger partial charge in [0.1, 0.15) is 23.3 Å². The van der Waals surface area contributed by atoms with Crippen LogP contribution in [-0.2, 0) is 6.54 Å². The lowest BCUT2D eigenvalue weighted by Gasteiger charge is -2.30. The Morgan fingerprint density at radius 1 is 1.06 bits per heavy atom. The van der Waals surface area contributed by atoms with Crippen LogP contribution in [-0.4, -0.2) is 28.9 Å². The molecule has 2 atom stereocenters. The van der Waals surface area contributed by atoms with E-state index in [4.69, 9.17) is 26.1 Å². The maximum atomic E-state index is 5.85. The molecule has 168 valence electrons. The highest BCUT2D eigenvalue weighted by Crippen LogP contribution is 2.45. The summed E-state index contributed by atoms with van der Waals surface area (Å²) in [5, 5.41) is 4.10. The standard InChI is InChI=1S/C25H24N4O3S/c1-30-17-10-11-20(22(15-17)31-2)29-24(23(27-25(29)33)19-8-3-4-12-26-19)21-9-5-13-28(21)16-18-7-6-14-32-18/h3-15,23-24H,16H2,1-2H3,(H,27,33)/t23-,24+/m0/s1. The van der Waals surface area contributed by atoms with Crippen molar-refractivity contribution in [3.8, 4) is 11.5 Å². The van der Waals surface area contributed by atoms with E-state index in [9.17, 15) is 0 Å². The number of furan rings is 1. The Labute approximate surface area is 197 Å². The number of nitrogens with one attached hydrogen (secondary N) is 1. The molecule has 1 aromatic carbocycles. The first kappa shape index (κ1) is 21.1. The first-order chi connectivity index (χ1) is 16.2. The molecule has 4 aromatic rings. The van der Waals surface area contributed by atoms with Crippen molar-refractivity contribution in [2.24, 2.45) is 0 Å². The third-order valence-corrected chi connectivity index (χ3v) is 6.13. The molecule has 4 heterocycles. The largest absolute Gasteiger partial charge is 0.497 e. The van der Waals surface area contributed by atoms with Crippen LogP contribution in [0, 0.1) is 0 Å². The van der Waals surface area contributed by atoms with Crippen molar-refractivity contribution in [1.29, 1.82) is 0 Å². The number of aromatic nitrogens is 2. The van der Waals surface area contributed by atoms with Gasteiger partial charge in [-0.1, -0.05) is 6.07 Å². The quantitative estimate of drug-likeness (QED) is 0.401. The van der Waals surface area contributed by atoms with Crippen molar-refractivity contribution < 1.29 is 13.9 Å². The number of anilines is 1. The molecule has 0 saturated carbocycles. The molecule has 33 heavy (non-hydrogen) atoms. The summed E-state index contributed by atoms with van der Waals surface area (Å²) in [6.45, 7) is 0.612. The fraction of sp³-hybridized carbons (Fsp3) is 0.200. The van der Waals surface area contributed by atoms with Crippen molar-refractivity contribution >= 4 is 23.0 Å². The van der Waals surface area contributed by atoms with Crippen molar-refractivity contribution in [3.63, 3.8) is 0 Å². The summed E-state index contributed by atoms with van der Waals surface area (Å²) in [7, 11) is 3.29. The fourth-order valence-electron chi connectivity index (χ4n) is 4.31. The number of nitrogens with zero attached hydrogens (tertiary/aromatic N) is 3. The molecular formula is C25H24N4O3S. The van der Waals surface area contributed by atoms with Crippen LogP contribution in [0.4, 0.5) is 5.69 Å². The average Bonchev–Trinajstić information content (AvgIpc) is 3.60. The zero-order valence-corrected chi connectivity index (χ0v) is 19.2. The molecule has 1 saturated heterocycles. The molecule has 0 spiro atoms. The molecule has 8 heteroatoms. The lowest BCUT2D eigenvalue weighted by molar-refractivity contribution is 0.394. The Morgan fingerprint density at radius 3 is 2.70 bits per heavy atom. The molecule has 1 aliphatic heterocycles. The summed E-state index contributed by atoms with van der Waals surface area (Å²) in [6, 6.07) is 19.4. The van der Waals surface area contributed by atoms with E-state index in [0.29, 0.717) is 23.2 Å². The number of hydrogen-bond donors (Lipinski definition) is 1. The second kappa shape index (κ2) is 8.99. The van der Waals surface area contributed by atoms with Gasteiger partial charge in [-0.15, -0.1) is 0 Å². The summed E-state index contributed by atoms with van der Waals surface area (Å²) in [4.78, 5) is 6.73. The van der Waals surface area contributed by atoms with Crippen LogP contribution in [0.3, 0.4) is 0 Å². The second-order valence-electron chi connectivity index (χ2n) is 7.67. The highest BCUT2D eigenvalue weighted by atomic mass is 32.1. The van der Waals surface area contributed by atoms with E-state index in [1.165, 1.54) is 0 Å². The zero-order chi connectivity index (χ0) is 22.8. The van der Waals surface area contributed by atoms with E-state index in [1.54, 1.807) is 26.7 Å². The molecule has 1 aliphatic rings. The Hall–Kier alpha value is -3.78. The molecule has 0 amide bonds. The zero-order valence-electron chi connectivity index (χ0n) is 18.3. The van der Waals surface area contributed by atoms with Gasteiger partial charge in [0.15, 0.2) is 5.11 Å². The van der Waals surface area contributed by atoms with E-state index in [2.05, 4.69) is 32.0 Å². The minimum atomic E-state index is -0.167. The fourth-order valence-corrected chi connectivity index (χ4v) is 4.65. The average molecular weight is 461 g/mol. The van der Waals surface area contributed by atoms with Gasteiger partial charge >= 0.3 is 0 Å². The SMILES string of the molecule is COc1ccc(N2C(=S)N[C@@H](c3ccccn3)[C@H]2c2cccn2Cc2ccco2)c(OC)c1. The van der Waals surface area contributed by atoms with E-state index in [-0.39, 0.29) is 12.1 Å². The minimum absolute atomic E-state index is 0.157. The number of benzene rings is 1. The third kappa shape index (κ3) is 3.93. The van der Waals surface area contributed by atoms with Gasteiger partial charge in [0.25, 0.3) is 0 Å². The van der Waals surface area contributed by atoms with Crippen molar-refractivity contribution in [1.82, 2.24) is 14.9 Å². The minimum Gasteiger partial charge on any atom is -0.497 e. The van der Waals surface area contributed by atoms with Gasteiger partial charge in [-0.25, -0.2) is 0 Å². The third-order valence-electron chi connectivity index (χ3n) is 5.82. The number of pyridine rings is 1. The monoisotopic (exact) mass is 460 g/mol. The highest BCUT2D eigenvalue weighted by Gasteiger charge is 2.43. The molecule has 1 N–H and O–H groups in total. The molecule has 5 rings (SSSR count). The summed E-state index contributed by atoms with van der Waals surface area (Å²) in [6.07, 6.45) is 5.55. The molecule has 7 nitrogen and oxygen atoms in total. The van der Waals surface area contributed by atoms with Gasteiger partial charge in [-0.2, -0.15) is 0 Å². The van der Waals surface area contributed by atoms with Crippen molar-refractivity contribution in [3.05, 3.63) is 96.5 Å². The molecule has 0 unspecified atom stereocenters. The lowest BCUT2D eigenvalue weighted by Crippen LogP contribution is -2.30. The molecule has 0 radical (unpaired) electrons. The van der Waals surface area contributed by atoms with Gasteiger partial charge in [-0.05, 0) is 60.7 Å². The number of hydrogen-bond acceptors (Lipinski definition) is 5. The summed E-state index contributed by atoms with van der Waals surface area (Å²) in [5.41, 5.74) is 2.84. The van der Waals surface area contributed by atoms with Crippen LogP contribution in [0.5, 0.6) is 11.5 Å². The Morgan fingerprint density at radius 2 is 1.97 bits per heavy atom. The first-order valence-electron chi connectivity index (χ1n) is 10.6. The number of methoxy groups -OCH3 is 2. The first-order valence-corrected chi connectivity index (χ1v) is 11.0. The Balaban J connectivity index is 1.63. The van der Waals surface area contributed by atoms with Crippen LogP contribution in [0.25, 0.3) is 0 Å². The highest BCUT2D eigenvalue weighted by molar-refractivity contribution is 7.80. The lowest BCUT2D eigenvalue weighted by atomic mass is 10.0. The summed E-state index contributed by atoms with van der Waals surface area (Å²) < 4.78 is 18.9. The van der Waals surface area contributed by atoms with Crippen LogP contribution in [0.2, 0.25) is 0 Å². The van der Waals surface area contributed by atoms with Crippen molar-refractivity contribution in [2.75, 3.05) is 19.1 Å². The van der Waals surface area contributed by atoms with Gasteiger partial charge in [-0.3, -0.25) is 4.98 Å². The number of thiocarbonyl (C=S) groups is 1. The van der Waals surface area contributed by atoms with Crippen LogP contribution in [0.15, 0.2) is 83.7 Å². The van der Waals surface area contributed by atoms with E-state index in [0.717, 1.165) is 22.8 Å². The van der Waals surface area contributed by atoms with Gasteiger partial charge in [0.2, 0.25) is 0 Å². The van der Waals surface area contributed by atoms with Crippen molar-refractivity contribution in [2.45, 2.75) is 18.6 Å². The number of rotatable bonds is 7. The van der Waals surface area contributed by atoms with Crippen LogP contribution in [0.1, 0.15) is 29.2 Å². The van der Waals surface area contributed by atoms with Gasteiger partial charge < -0.3 is 28.7 Å². The molecular weight excluding hydrogens is 436 g/mol. The van der Waals surface area contributed by atoms with Crippen LogP contribution < -0.4 is 19.7 Å². The van der Waals surface area contributed by atoms with Crippen LogP contribution >= 0.6 is 12.2 Å². The Kier molecular flexibility index (Phi) is 5.75. The second-order valence-corrected chi connectivity index (χ2v) is 8.06. The number of ether oxygens (including phenoxy) is 2. The molecule has 3 aromatic heterocycles. The predicted molar refractivity (Wildman–Crippen MR) is 130 cm³/mol. The summed E-state index contributed by atoms with van der Waals surface area (Å²) >= 11 is 5.85. The van der Waals surface area contributed by atoms with Gasteiger partial charge in [0, 0.05) is 24.2 Å².